The molecule has 0 saturated heterocycles. The zero-order valence-corrected chi connectivity index (χ0v) is 17.7. The van der Waals surface area contributed by atoms with E-state index in [1.165, 1.54) is 0 Å². The molecule has 2 unspecified atom stereocenters. The third-order valence-corrected chi connectivity index (χ3v) is 5.32. The molecule has 32 heavy (non-hydrogen) atoms. The first-order valence-electron chi connectivity index (χ1n) is 10.5. The van der Waals surface area contributed by atoms with Crippen molar-refractivity contribution in [2.45, 2.75) is 25.4 Å². The van der Waals surface area contributed by atoms with Gasteiger partial charge < -0.3 is 23.7 Å². The quantitative estimate of drug-likeness (QED) is 0.363. The number of aldehydes is 1. The Bertz CT molecular complexity index is 1060. The molecule has 1 heterocycles. The van der Waals surface area contributed by atoms with Crippen LogP contribution in [0.5, 0.6) is 17.2 Å². The van der Waals surface area contributed by atoms with Crippen molar-refractivity contribution in [3.8, 4) is 17.2 Å². The second kappa shape index (κ2) is 10.0. The fraction of sp³-hybridized carbons (Fsp3) is 0.231. The maximum atomic E-state index is 12.9. The van der Waals surface area contributed by atoms with E-state index in [4.69, 9.17) is 18.9 Å². The molecule has 3 aromatic rings. The zero-order chi connectivity index (χ0) is 22.3. The van der Waals surface area contributed by atoms with E-state index in [-0.39, 0.29) is 13.4 Å². The molecule has 0 bridgehead atoms. The summed E-state index contributed by atoms with van der Waals surface area (Å²) in [4.78, 5) is 25.0. The van der Waals surface area contributed by atoms with E-state index < -0.39 is 17.8 Å². The Morgan fingerprint density at radius 2 is 1.69 bits per heavy atom. The number of ether oxygens (including phenoxy) is 4. The van der Waals surface area contributed by atoms with Crippen molar-refractivity contribution in [1.29, 1.82) is 0 Å². The Hall–Kier alpha value is -3.80. The molecule has 6 heteroatoms. The molecule has 0 saturated carbocycles. The molecule has 2 atom stereocenters. The molecular weight excluding hydrogens is 408 g/mol. The van der Waals surface area contributed by atoms with Crippen molar-refractivity contribution >= 4 is 12.3 Å². The van der Waals surface area contributed by atoms with Crippen molar-refractivity contribution < 1.29 is 28.5 Å². The maximum Gasteiger partial charge on any atom is 0.314 e. The fourth-order valence-corrected chi connectivity index (χ4v) is 3.71. The first-order valence-corrected chi connectivity index (χ1v) is 10.5. The standard InChI is InChI=1S/C26H24O6/c1-2-29-26(28)25(20-10-13-23-24(14-20)32-17-31-23)22(15-27)19-8-11-21(12-9-19)30-16-18-6-4-3-5-7-18/h3-15,22,25H,2,16-17H2,1H3. The normalized spacial score (nSPS) is 13.8. The Morgan fingerprint density at radius 3 is 2.41 bits per heavy atom. The van der Waals surface area contributed by atoms with Gasteiger partial charge in [-0.1, -0.05) is 48.5 Å². The molecule has 0 amide bonds. The number of esters is 1. The van der Waals surface area contributed by atoms with Gasteiger partial charge in [0.15, 0.2) is 11.5 Å². The lowest BCUT2D eigenvalue weighted by atomic mass is 9.82. The van der Waals surface area contributed by atoms with Crippen molar-refractivity contribution in [2.24, 2.45) is 0 Å². The van der Waals surface area contributed by atoms with E-state index in [0.29, 0.717) is 35.0 Å². The topological polar surface area (TPSA) is 71.1 Å². The summed E-state index contributed by atoms with van der Waals surface area (Å²) in [6.45, 7) is 2.53. The smallest absolute Gasteiger partial charge is 0.314 e. The molecule has 0 N–H and O–H groups in total. The Labute approximate surface area is 186 Å². The SMILES string of the molecule is CCOC(=O)C(c1ccc2c(c1)OCO2)C(C=O)c1ccc(OCc2ccccc2)cc1. The van der Waals surface area contributed by atoms with Crippen LogP contribution < -0.4 is 14.2 Å². The zero-order valence-electron chi connectivity index (χ0n) is 17.7. The van der Waals surface area contributed by atoms with Gasteiger partial charge in [0.05, 0.1) is 18.4 Å². The Morgan fingerprint density at radius 1 is 0.969 bits per heavy atom. The summed E-state index contributed by atoms with van der Waals surface area (Å²) in [6, 6.07) is 22.3. The monoisotopic (exact) mass is 432 g/mol. The van der Waals surface area contributed by atoms with Gasteiger partial charge in [0.2, 0.25) is 6.79 Å². The molecule has 0 radical (unpaired) electrons. The molecule has 1 aliphatic rings. The van der Waals surface area contributed by atoms with Crippen LogP contribution in [0.2, 0.25) is 0 Å². The predicted molar refractivity (Wildman–Crippen MR) is 118 cm³/mol. The van der Waals surface area contributed by atoms with E-state index in [1.54, 1.807) is 49.4 Å². The Balaban J connectivity index is 1.57. The number of carbonyl (C=O) groups excluding carboxylic acids is 2. The minimum Gasteiger partial charge on any atom is -0.489 e. The van der Waals surface area contributed by atoms with Crippen LogP contribution in [0.1, 0.15) is 35.4 Å². The summed E-state index contributed by atoms with van der Waals surface area (Å²) in [5, 5.41) is 0. The number of fused-ring (bicyclic) bond motifs is 1. The number of benzene rings is 3. The van der Waals surface area contributed by atoms with Crippen LogP contribution >= 0.6 is 0 Å². The fourth-order valence-electron chi connectivity index (χ4n) is 3.71. The average molecular weight is 432 g/mol. The second-order valence-corrected chi connectivity index (χ2v) is 7.35. The highest BCUT2D eigenvalue weighted by Gasteiger charge is 2.33. The number of hydrogen-bond donors (Lipinski definition) is 0. The van der Waals surface area contributed by atoms with Gasteiger partial charge in [-0.05, 0) is 47.9 Å². The summed E-state index contributed by atoms with van der Waals surface area (Å²) < 4.78 is 21.9. The molecule has 0 aromatic heterocycles. The summed E-state index contributed by atoms with van der Waals surface area (Å²) in [7, 11) is 0. The van der Waals surface area contributed by atoms with Crippen LogP contribution in [0.15, 0.2) is 72.8 Å². The minimum absolute atomic E-state index is 0.129. The van der Waals surface area contributed by atoms with Crippen molar-refractivity contribution in [3.63, 3.8) is 0 Å². The van der Waals surface area contributed by atoms with E-state index >= 15 is 0 Å². The molecule has 1 aliphatic heterocycles. The largest absolute Gasteiger partial charge is 0.489 e. The maximum absolute atomic E-state index is 12.9. The number of carbonyl (C=O) groups is 2. The van der Waals surface area contributed by atoms with Crippen molar-refractivity contribution in [3.05, 3.63) is 89.5 Å². The number of hydrogen-bond acceptors (Lipinski definition) is 6. The van der Waals surface area contributed by atoms with Crippen molar-refractivity contribution in [1.82, 2.24) is 0 Å². The highest BCUT2D eigenvalue weighted by molar-refractivity contribution is 5.85. The summed E-state index contributed by atoms with van der Waals surface area (Å²) in [5.74, 6) is -0.161. The third kappa shape index (κ3) is 4.75. The van der Waals surface area contributed by atoms with Gasteiger partial charge in [0, 0.05) is 0 Å². The van der Waals surface area contributed by atoms with E-state index in [1.807, 2.05) is 30.3 Å². The molecule has 164 valence electrons. The summed E-state index contributed by atoms with van der Waals surface area (Å²) in [5.41, 5.74) is 2.39. The van der Waals surface area contributed by atoms with Crippen LogP contribution in [0.4, 0.5) is 0 Å². The molecule has 3 aromatic carbocycles. The molecule has 0 aliphatic carbocycles. The molecule has 0 fully saturated rings. The molecule has 4 rings (SSSR count). The second-order valence-electron chi connectivity index (χ2n) is 7.35. The van der Waals surface area contributed by atoms with E-state index in [0.717, 1.165) is 11.8 Å². The van der Waals surface area contributed by atoms with Gasteiger partial charge in [0.1, 0.15) is 18.6 Å². The number of rotatable bonds is 9. The molecule has 0 spiro atoms. The molecule has 6 nitrogen and oxygen atoms in total. The van der Waals surface area contributed by atoms with Crippen LogP contribution in [0.3, 0.4) is 0 Å². The lowest BCUT2D eigenvalue weighted by Gasteiger charge is -2.22. The average Bonchev–Trinajstić information content (AvgIpc) is 3.30. The minimum atomic E-state index is -0.807. The van der Waals surface area contributed by atoms with Gasteiger partial charge in [-0.15, -0.1) is 0 Å². The van der Waals surface area contributed by atoms with Crippen LogP contribution in [-0.2, 0) is 20.9 Å². The summed E-state index contributed by atoms with van der Waals surface area (Å²) in [6.07, 6.45) is 0.784. The van der Waals surface area contributed by atoms with Crippen LogP contribution in [-0.4, -0.2) is 25.7 Å². The first kappa shape index (κ1) is 21.4. The predicted octanol–water partition coefficient (Wildman–Crippen LogP) is 4.62. The lowest BCUT2D eigenvalue weighted by molar-refractivity contribution is -0.146. The van der Waals surface area contributed by atoms with Crippen LogP contribution in [0, 0.1) is 0 Å². The Kier molecular flexibility index (Phi) is 6.70. The first-order chi connectivity index (χ1) is 15.7. The third-order valence-electron chi connectivity index (χ3n) is 5.32. The van der Waals surface area contributed by atoms with Gasteiger partial charge in [0.25, 0.3) is 0 Å². The van der Waals surface area contributed by atoms with Crippen molar-refractivity contribution in [2.75, 3.05) is 13.4 Å². The van der Waals surface area contributed by atoms with Crippen LogP contribution in [0.25, 0.3) is 0 Å². The molecular formula is C26H24O6. The van der Waals surface area contributed by atoms with Gasteiger partial charge >= 0.3 is 5.97 Å². The highest BCUT2D eigenvalue weighted by atomic mass is 16.7. The summed E-state index contributed by atoms with van der Waals surface area (Å²) >= 11 is 0. The van der Waals surface area contributed by atoms with Gasteiger partial charge in [-0.25, -0.2) is 0 Å². The van der Waals surface area contributed by atoms with Gasteiger partial charge in [-0.2, -0.15) is 0 Å². The lowest BCUT2D eigenvalue weighted by Crippen LogP contribution is -2.24. The van der Waals surface area contributed by atoms with Gasteiger partial charge in [-0.3, -0.25) is 4.79 Å². The van der Waals surface area contributed by atoms with E-state index in [2.05, 4.69) is 0 Å². The highest BCUT2D eigenvalue weighted by Crippen LogP contribution is 2.39. The van der Waals surface area contributed by atoms with E-state index in [9.17, 15) is 9.59 Å².